The summed E-state index contributed by atoms with van der Waals surface area (Å²) in [4.78, 5) is 0. The van der Waals surface area contributed by atoms with Gasteiger partial charge in [0.05, 0.1) is 0 Å². The van der Waals surface area contributed by atoms with Gasteiger partial charge in [0.25, 0.3) is 0 Å². The van der Waals surface area contributed by atoms with E-state index in [4.69, 9.17) is 0 Å². The van der Waals surface area contributed by atoms with E-state index in [0.29, 0.717) is 0 Å². The van der Waals surface area contributed by atoms with Gasteiger partial charge in [-0.2, -0.15) is 0 Å². The van der Waals surface area contributed by atoms with Gasteiger partial charge in [-0.05, 0) is 45.2 Å². The van der Waals surface area contributed by atoms with Crippen molar-refractivity contribution in [3.05, 3.63) is 84.4 Å². The van der Waals surface area contributed by atoms with Crippen LogP contribution < -0.4 is 0 Å². The van der Waals surface area contributed by atoms with E-state index in [9.17, 15) is 0 Å². The molecule has 100 valence electrons. The van der Waals surface area contributed by atoms with Crippen LogP contribution in [0.1, 0.15) is 5.56 Å². The monoisotopic (exact) mass is 268 g/mol. The van der Waals surface area contributed by atoms with Crippen LogP contribution in [0.5, 0.6) is 0 Å². The van der Waals surface area contributed by atoms with E-state index in [1.54, 1.807) is 0 Å². The molecule has 4 rings (SSSR count). The molecule has 0 aliphatic carbocycles. The molecule has 0 saturated heterocycles. The van der Waals surface area contributed by atoms with Crippen molar-refractivity contribution in [2.45, 2.75) is 6.92 Å². The average Bonchev–Trinajstić information content (AvgIpc) is 2.54. The molecule has 0 fully saturated rings. The van der Waals surface area contributed by atoms with Gasteiger partial charge in [0.2, 0.25) is 0 Å². The molecule has 0 aromatic heterocycles. The molecule has 0 bridgehead atoms. The van der Waals surface area contributed by atoms with Gasteiger partial charge in [-0.1, -0.05) is 78.9 Å². The number of hydrogen-bond acceptors (Lipinski definition) is 0. The predicted molar refractivity (Wildman–Crippen MR) is 91.6 cm³/mol. The van der Waals surface area contributed by atoms with Crippen molar-refractivity contribution in [1.29, 1.82) is 0 Å². The zero-order valence-electron chi connectivity index (χ0n) is 12.0. The third-order valence-corrected chi connectivity index (χ3v) is 4.19. The molecule has 21 heavy (non-hydrogen) atoms. The van der Waals surface area contributed by atoms with Gasteiger partial charge in [-0.3, -0.25) is 0 Å². The molecule has 4 aromatic rings. The molecule has 0 aliphatic heterocycles. The summed E-state index contributed by atoms with van der Waals surface area (Å²) in [6.07, 6.45) is 0. The number of fused-ring (bicyclic) bond motifs is 2. The van der Waals surface area contributed by atoms with E-state index in [2.05, 4.69) is 85.8 Å². The Morgan fingerprint density at radius 2 is 1.14 bits per heavy atom. The van der Waals surface area contributed by atoms with E-state index in [1.165, 1.54) is 38.2 Å². The Labute approximate surface area is 124 Å². The van der Waals surface area contributed by atoms with Crippen molar-refractivity contribution in [2.24, 2.45) is 0 Å². The lowest BCUT2D eigenvalue weighted by atomic mass is 9.92. The molecule has 0 nitrogen and oxygen atoms in total. The Hall–Kier alpha value is -2.60. The summed E-state index contributed by atoms with van der Waals surface area (Å²) in [6, 6.07) is 28.2. The quantitative estimate of drug-likeness (QED) is 0.399. The minimum atomic E-state index is 1.29. The average molecular weight is 268 g/mol. The van der Waals surface area contributed by atoms with E-state index >= 15 is 0 Å². The van der Waals surface area contributed by atoms with Gasteiger partial charge in [0.15, 0.2) is 0 Å². The predicted octanol–water partition coefficient (Wildman–Crippen LogP) is 5.97. The van der Waals surface area contributed by atoms with E-state index < -0.39 is 0 Å². The van der Waals surface area contributed by atoms with Crippen LogP contribution in [0.3, 0.4) is 0 Å². The Kier molecular flexibility index (Phi) is 2.75. The molecule has 0 spiro atoms. The molecule has 0 unspecified atom stereocenters. The fourth-order valence-electron chi connectivity index (χ4n) is 3.21. The van der Waals surface area contributed by atoms with Crippen molar-refractivity contribution >= 4 is 21.5 Å². The fraction of sp³-hybridized carbons (Fsp3) is 0.0476. The maximum atomic E-state index is 2.23. The number of aryl methyl sites for hydroxylation is 1. The molecular formula is C21H16. The number of rotatable bonds is 1. The van der Waals surface area contributed by atoms with Crippen molar-refractivity contribution in [1.82, 2.24) is 0 Å². The van der Waals surface area contributed by atoms with Crippen LogP contribution in [0.4, 0.5) is 0 Å². The largest absolute Gasteiger partial charge is 0.0616 e. The van der Waals surface area contributed by atoms with Gasteiger partial charge in [-0.25, -0.2) is 0 Å². The third-order valence-electron chi connectivity index (χ3n) is 4.19. The van der Waals surface area contributed by atoms with Crippen LogP contribution in [0.25, 0.3) is 32.7 Å². The lowest BCUT2D eigenvalue weighted by molar-refractivity contribution is 1.53. The van der Waals surface area contributed by atoms with Gasteiger partial charge in [0, 0.05) is 0 Å². The van der Waals surface area contributed by atoms with Crippen molar-refractivity contribution in [3.8, 4) is 11.1 Å². The second-order valence-corrected chi connectivity index (χ2v) is 5.51. The first-order chi connectivity index (χ1) is 10.3. The highest BCUT2D eigenvalue weighted by atomic mass is 14.1. The van der Waals surface area contributed by atoms with Gasteiger partial charge < -0.3 is 0 Å². The van der Waals surface area contributed by atoms with E-state index in [0.717, 1.165) is 0 Å². The molecule has 4 aromatic carbocycles. The third kappa shape index (κ3) is 1.92. The lowest BCUT2D eigenvalue weighted by Gasteiger charge is -2.12. The van der Waals surface area contributed by atoms with Crippen LogP contribution in [-0.4, -0.2) is 0 Å². The van der Waals surface area contributed by atoms with E-state index in [1.807, 2.05) is 0 Å². The van der Waals surface area contributed by atoms with Gasteiger partial charge >= 0.3 is 0 Å². The SMILES string of the molecule is Cc1cccc2cccc(-c3cccc4ccccc34)c12. The molecule has 0 amide bonds. The number of benzene rings is 4. The summed E-state index contributed by atoms with van der Waals surface area (Å²) in [5.74, 6) is 0. The normalized spacial score (nSPS) is 11.1. The summed E-state index contributed by atoms with van der Waals surface area (Å²) >= 11 is 0. The molecule has 0 aliphatic rings. The van der Waals surface area contributed by atoms with Crippen LogP contribution in [0, 0.1) is 6.92 Å². The van der Waals surface area contributed by atoms with Crippen molar-refractivity contribution < 1.29 is 0 Å². The first kappa shape index (κ1) is 12.2. The molecular weight excluding hydrogens is 252 g/mol. The summed E-state index contributed by atoms with van der Waals surface area (Å²) in [5, 5.41) is 5.27. The molecule has 0 heteroatoms. The highest BCUT2D eigenvalue weighted by Gasteiger charge is 2.08. The van der Waals surface area contributed by atoms with Gasteiger partial charge in [0.1, 0.15) is 0 Å². The lowest BCUT2D eigenvalue weighted by Crippen LogP contribution is -1.86. The highest BCUT2D eigenvalue weighted by molar-refractivity contribution is 6.06. The smallest absolute Gasteiger partial charge is 0.00759 e. The number of hydrogen-bond donors (Lipinski definition) is 0. The minimum absolute atomic E-state index is 1.29. The van der Waals surface area contributed by atoms with Crippen LogP contribution >= 0.6 is 0 Å². The summed E-state index contributed by atoms with van der Waals surface area (Å²) in [5.41, 5.74) is 3.96. The van der Waals surface area contributed by atoms with Crippen LogP contribution in [0.2, 0.25) is 0 Å². The fourth-order valence-corrected chi connectivity index (χ4v) is 3.21. The standard InChI is InChI=1S/C21H16/c1-15-7-4-10-17-11-6-14-20(21(15)17)19-13-5-9-16-8-2-3-12-18(16)19/h2-14H,1H3. The first-order valence-corrected chi connectivity index (χ1v) is 7.31. The van der Waals surface area contributed by atoms with E-state index in [-0.39, 0.29) is 0 Å². The summed E-state index contributed by atoms with van der Waals surface area (Å²) < 4.78 is 0. The summed E-state index contributed by atoms with van der Waals surface area (Å²) in [6.45, 7) is 2.19. The maximum absolute atomic E-state index is 2.23. The molecule has 0 heterocycles. The summed E-state index contributed by atoms with van der Waals surface area (Å²) in [7, 11) is 0. The van der Waals surface area contributed by atoms with Crippen molar-refractivity contribution in [3.63, 3.8) is 0 Å². The molecule has 0 N–H and O–H groups in total. The first-order valence-electron chi connectivity index (χ1n) is 7.31. The topological polar surface area (TPSA) is 0 Å². The molecule has 0 atom stereocenters. The zero-order chi connectivity index (χ0) is 14.2. The second kappa shape index (κ2) is 4.75. The highest BCUT2D eigenvalue weighted by Crippen LogP contribution is 2.35. The maximum Gasteiger partial charge on any atom is -0.00759 e. The molecule has 0 radical (unpaired) electrons. The van der Waals surface area contributed by atoms with Crippen LogP contribution in [0.15, 0.2) is 78.9 Å². The zero-order valence-corrected chi connectivity index (χ0v) is 12.0. The van der Waals surface area contributed by atoms with Crippen LogP contribution in [-0.2, 0) is 0 Å². The Morgan fingerprint density at radius 3 is 2.00 bits per heavy atom. The van der Waals surface area contributed by atoms with Gasteiger partial charge in [-0.15, -0.1) is 0 Å². The Bertz CT molecular complexity index is 938. The minimum Gasteiger partial charge on any atom is -0.0616 e. The Morgan fingerprint density at radius 1 is 0.524 bits per heavy atom. The van der Waals surface area contributed by atoms with Crippen molar-refractivity contribution in [2.75, 3.05) is 0 Å². The molecule has 0 saturated carbocycles. The Balaban J connectivity index is 2.15. The second-order valence-electron chi connectivity index (χ2n) is 5.51.